The van der Waals surface area contributed by atoms with Gasteiger partial charge in [0.05, 0.1) is 13.2 Å². The predicted octanol–water partition coefficient (Wildman–Crippen LogP) is 3.03. The van der Waals surface area contributed by atoms with Crippen molar-refractivity contribution in [3.05, 3.63) is 28.8 Å². The molecule has 1 aromatic carbocycles. The summed E-state index contributed by atoms with van der Waals surface area (Å²) in [6.07, 6.45) is 3.04. The van der Waals surface area contributed by atoms with Gasteiger partial charge in [-0.3, -0.25) is 0 Å². The molecule has 132 valence electrons. The fourth-order valence-corrected chi connectivity index (χ4v) is 2.84. The smallest absolute Gasteiger partial charge is 0.203 e. The van der Waals surface area contributed by atoms with Crippen molar-refractivity contribution >= 4 is 16.5 Å². The molecule has 2 aromatic rings. The van der Waals surface area contributed by atoms with Crippen LogP contribution < -0.4 is 20.5 Å². The minimum absolute atomic E-state index is 0.178. The lowest BCUT2D eigenvalue weighted by Gasteiger charge is -2.16. The number of aromatic nitrogens is 2. The Labute approximate surface area is 147 Å². The van der Waals surface area contributed by atoms with E-state index in [9.17, 15) is 0 Å². The van der Waals surface area contributed by atoms with Gasteiger partial charge in [0.25, 0.3) is 0 Å². The summed E-state index contributed by atoms with van der Waals surface area (Å²) in [5.41, 5.74) is 6.74. The van der Waals surface area contributed by atoms with Crippen molar-refractivity contribution in [1.29, 1.82) is 0 Å². The second-order valence-corrected chi connectivity index (χ2v) is 6.73. The molecule has 6 nitrogen and oxygen atoms in total. The van der Waals surface area contributed by atoms with E-state index in [1.165, 1.54) is 16.9 Å². The van der Waals surface area contributed by atoms with Crippen molar-refractivity contribution in [3.63, 3.8) is 0 Å². The van der Waals surface area contributed by atoms with Crippen molar-refractivity contribution in [2.24, 2.45) is 0 Å². The highest BCUT2D eigenvalue weighted by molar-refractivity contribution is 7.15. The van der Waals surface area contributed by atoms with Crippen LogP contribution in [0, 0.1) is 0 Å². The van der Waals surface area contributed by atoms with Gasteiger partial charge in [0.2, 0.25) is 5.13 Å². The fourth-order valence-electron chi connectivity index (χ4n) is 2.18. The lowest BCUT2D eigenvalue weighted by molar-refractivity contribution is 0.207. The van der Waals surface area contributed by atoms with Crippen LogP contribution in [-0.2, 0) is 13.0 Å². The zero-order valence-electron chi connectivity index (χ0n) is 14.5. The maximum Gasteiger partial charge on any atom is 0.203 e. The summed E-state index contributed by atoms with van der Waals surface area (Å²) in [7, 11) is 1.67. The van der Waals surface area contributed by atoms with Crippen LogP contribution in [0.2, 0.25) is 0 Å². The monoisotopic (exact) mass is 350 g/mol. The molecule has 1 aromatic heterocycles. The highest BCUT2D eigenvalue weighted by Crippen LogP contribution is 2.29. The number of aryl methyl sites for hydroxylation is 1. The number of nitrogens with one attached hydrogen (secondary N) is 1. The van der Waals surface area contributed by atoms with E-state index >= 15 is 0 Å². The van der Waals surface area contributed by atoms with Gasteiger partial charge in [-0.2, -0.15) is 0 Å². The maximum absolute atomic E-state index is 5.87. The molecule has 1 heterocycles. The number of hydrogen-bond donors (Lipinski definition) is 2. The summed E-state index contributed by atoms with van der Waals surface area (Å²) in [6.45, 7) is 5.86. The maximum atomic E-state index is 5.87. The minimum Gasteiger partial charge on any atom is -0.493 e. The Morgan fingerprint density at radius 2 is 2.12 bits per heavy atom. The molecule has 0 radical (unpaired) electrons. The first-order valence-electron chi connectivity index (χ1n) is 8.24. The van der Waals surface area contributed by atoms with Gasteiger partial charge in [0.15, 0.2) is 11.5 Å². The Balaban J connectivity index is 1.77. The summed E-state index contributed by atoms with van der Waals surface area (Å²) in [5, 5.41) is 12.8. The lowest BCUT2D eigenvalue weighted by Crippen LogP contribution is -2.15. The van der Waals surface area contributed by atoms with Crippen LogP contribution >= 0.6 is 11.3 Å². The van der Waals surface area contributed by atoms with Gasteiger partial charge in [0, 0.05) is 13.0 Å². The Kier molecular flexibility index (Phi) is 7.27. The Bertz CT molecular complexity index is 633. The van der Waals surface area contributed by atoms with Gasteiger partial charge >= 0.3 is 0 Å². The fraction of sp³-hybridized carbons (Fsp3) is 0.529. The third-order valence-electron chi connectivity index (χ3n) is 3.69. The SMILES string of the molecule is CCC(C)Oc1ccc(CNCCCc2nnc(N)s2)cc1OC. The standard InChI is InChI=1S/C17H26N4O2S/c1-4-12(2)23-14-8-7-13(10-15(14)22-3)11-19-9-5-6-16-20-21-17(18)24-16/h7-8,10,12,19H,4-6,9,11H2,1-3H3,(H2,18,21). The van der Waals surface area contributed by atoms with Gasteiger partial charge in [-0.25, -0.2) is 0 Å². The average molecular weight is 350 g/mol. The molecule has 7 heteroatoms. The molecule has 0 aliphatic heterocycles. The van der Waals surface area contributed by atoms with Crippen LogP contribution in [0.3, 0.4) is 0 Å². The van der Waals surface area contributed by atoms with E-state index in [1.807, 2.05) is 12.1 Å². The molecule has 0 bridgehead atoms. The zero-order valence-corrected chi connectivity index (χ0v) is 15.4. The number of rotatable bonds is 10. The first-order valence-corrected chi connectivity index (χ1v) is 9.06. The minimum atomic E-state index is 0.178. The van der Waals surface area contributed by atoms with Crippen molar-refractivity contribution in [2.45, 2.75) is 45.8 Å². The molecule has 1 unspecified atom stereocenters. The molecule has 0 aliphatic rings. The van der Waals surface area contributed by atoms with Gasteiger partial charge in [-0.05, 0) is 44.0 Å². The van der Waals surface area contributed by atoms with Crippen molar-refractivity contribution < 1.29 is 9.47 Å². The molecule has 0 spiro atoms. The summed E-state index contributed by atoms with van der Waals surface area (Å²) >= 11 is 1.45. The zero-order chi connectivity index (χ0) is 17.4. The van der Waals surface area contributed by atoms with E-state index in [1.54, 1.807) is 7.11 Å². The normalized spacial score (nSPS) is 12.1. The summed E-state index contributed by atoms with van der Waals surface area (Å²) < 4.78 is 11.3. The predicted molar refractivity (Wildman–Crippen MR) is 97.7 cm³/mol. The third-order valence-corrected chi connectivity index (χ3v) is 4.50. The second-order valence-electron chi connectivity index (χ2n) is 5.64. The first-order chi connectivity index (χ1) is 11.6. The topological polar surface area (TPSA) is 82.3 Å². The van der Waals surface area contributed by atoms with Crippen LogP contribution in [0.15, 0.2) is 18.2 Å². The summed E-state index contributed by atoms with van der Waals surface area (Å²) in [4.78, 5) is 0. The highest BCUT2D eigenvalue weighted by atomic mass is 32.1. The van der Waals surface area contributed by atoms with Crippen LogP contribution in [0.25, 0.3) is 0 Å². The molecule has 0 amide bonds. The molecular formula is C17H26N4O2S. The average Bonchev–Trinajstić information content (AvgIpc) is 3.00. The van der Waals surface area contributed by atoms with Gasteiger partial charge < -0.3 is 20.5 Å². The largest absolute Gasteiger partial charge is 0.493 e. The number of ether oxygens (including phenoxy) is 2. The molecule has 0 fully saturated rings. The van der Waals surface area contributed by atoms with Crippen LogP contribution in [0.5, 0.6) is 11.5 Å². The molecule has 0 aliphatic carbocycles. The number of methoxy groups -OCH3 is 1. The molecule has 3 N–H and O–H groups in total. The second kappa shape index (κ2) is 9.44. The molecule has 0 saturated carbocycles. The molecular weight excluding hydrogens is 324 g/mol. The quantitative estimate of drug-likeness (QED) is 0.641. The van der Waals surface area contributed by atoms with Crippen molar-refractivity contribution in [2.75, 3.05) is 19.4 Å². The van der Waals surface area contributed by atoms with E-state index in [4.69, 9.17) is 15.2 Å². The highest BCUT2D eigenvalue weighted by Gasteiger charge is 2.09. The number of nitrogens with zero attached hydrogens (tertiary/aromatic N) is 2. The number of nitrogens with two attached hydrogens (primary N) is 1. The van der Waals surface area contributed by atoms with Gasteiger partial charge in [0.1, 0.15) is 5.01 Å². The van der Waals surface area contributed by atoms with E-state index in [0.717, 1.165) is 48.9 Å². The van der Waals surface area contributed by atoms with E-state index in [0.29, 0.717) is 5.13 Å². The lowest BCUT2D eigenvalue weighted by atomic mass is 10.2. The van der Waals surface area contributed by atoms with Crippen LogP contribution in [0.4, 0.5) is 5.13 Å². The molecule has 1 atom stereocenters. The molecule has 24 heavy (non-hydrogen) atoms. The number of nitrogen functional groups attached to an aromatic ring is 1. The Morgan fingerprint density at radius 3 is 2.79 bits per heavy atom. The van der Waals surface area contributed by atoms with E-state index in [-0.39, 0.29) is 6.10 Å². The molecule has 0 saturated heterocycles. The third kappa shape index (κ3) is 5.65. The van der Waals surface area contributed by atoms with E-state index < -0.39 is 0 Å². The van der Waals surface area contributed by atoms with Crippen molar-refractivity contribution in [3.8, 4) is 11.5 Å². The first kappa shape index (κ1) is 18.5. The van der Waals surface area contributed by atoms with Crippen molar-refractivity contribution in [1.82, 2.24) is 15.5 Å². The van der Waals surface area contributed by atoms with Crippen LogP contribution in [0.1, 0.15) is 37.3 Å². The van der Waals surface area contributed by atoms with Gasteiger partial charge in [-0.15, -0.1) is 10.2 Å². The summed E-state index contributed by atoms with van der Waals surface area (Å²) in [6, 6.07) is 6.07. The van der Waals surface area contributed by atoms with Gasteiger partial charge in [-0.1, -0.05) is 24.3 Å². The number of hydrogen-bond acceptors (Lipinski definition) is 7. The Hall–Kier alpha value is -1.86. The van der Waals surface area contributed by atoms with E-state index in [2.05, 4.69) is 35.4 Å². The Morgan fingerprint density at radius 1 is 1.29 bits per heavy atom. The number of anilines is 1. The number of benzene rings is 1. The summed E-state index contributed by atoms with van der Waals surface area (Å²) in [5.74, 6) is 1.57. The van der Waals surface area contributed by atoms with Crippen LogP contribution in [-0.4, -0.2) is 30.0 Å². The molecule has 2 rings (SSSR count).